The van der Waals surface area contributed by atoms with Crippen LogP contribution < -0.4 is 5.73 Å². The van der Waals surface area contributed by atoms with Crippen molar-refractivity contribution < 1.29 is 5.11 Å². The highest BCUT2D eigenvalue weighted by atomic mass is 16.3. The Labute approximate surface area is 202 Å². The average molecular weight is 453 g/mol. The van der Waals surface area contributed by atoms with Crippen LogP contribution in [-0.4, -0.2) is 42.3 Å². The van der Waals surface area contributed by atoms with Crippen LogP contribution in [0.25, 0.3) is 0 Å². The normalized spacial score (nSPS) is 47.2. The predicted molar refractivity (Wildman–Crippen MR) is 138 cm³/mol. The van der Waals surface area contributed by atoms with Gasteiger partial charge >= 0.3 is 0 Å². The van der Waals surface area contributed by atoms with E-state index in [0.29, 0.717) is 23.2 Å². The summed E-state index contributed by atoms with van der Waals surface area (Å²) >= 11 is 0. The summed E-state index contributed by atoms with van der Waals surface area (Å²) in [5, 5.41) is 10.9. The molecule has 3 fully saturated rings. The Morgan fingerprint density at radius 1 is 1.12 bits per heavy atom. The van der Waals surface area contributed by atoms with E-state index in [9.17, 15) is 5.11 Å². The molecule has 0 saturated heterocycles. The minimum atomic E-state index is -0.325. The third kappa shape index (κ3) is 3.81. The molecule has 0 aromatic carbocycles. The zero-order chi connectivity index (χ0) is 23.5. The molecule has 33 heavy (non-hydrogen) atoms. The van der Waals surface area contributed by atoms with Crippen molar-refractivity contribution in [3.05, 3.63) is 34.9 Å². The molecule has 184 valence electrons. The van der Waals surface area contributed by atoms with Crippen LogP contribution in [-0.2, 0) is 0 Å². The lowest BCUT2D eigenvalue weighted by Gasteiger charge is -2.59. The number of nitrogens with zero attached hydrogens (tertiary/aromatic N) is 1. The Balaban J connectivity index is 1.35. The molecule has 4 aliphatic carbocycles. The molecule has 3 saturated carbocycles. The van der Waals surface area contributed by atoms with Gasteiger partial charge in [-0.25, -0.2) is 0 Å². The molecule has 3 heteroatoms. The van der Waals surface area contributed by atoms with Crippen LogP contribution in [0.1, 0.15) is 79.1 Å². The van der Waals surface area contributed by atoms with E-state index in [4.69, 9.17) is 5.73 Å². The Hall–Kier alpha value is -0.900. The predicted octanol–water partition coefficient (Wildman–Crippen LogP) is 5.71. The van der Waals surface area contributed by atoms with Crippen molar-refractivity contribution in [2.75, 3.05) is 20.1 Å². The highest BCUT2D eigenvalue weighted by Crippen LogP contribution is 2.66. The Kier molecular flexibility index (Phi) is 6.24. The molecule has 1 heterocycles. The van der Waals surface area contributed by atoms with Crippen molar-refractivity contribution in [2.45, 2.75) is 91.2 Å². The lowest BCUT2D eigenvalue weighted by Crippen LogP contribution is -2.57. The summed E-state index contributed by atoms with van der Waals surface area (Å²) in [6.45, 7) is 12.2. The van der Waals surface area contributed by atoms with Gasteiger partial charge in [-0.05, 0) is 111 Å². The van der Waals surface area contributed by atoms with E-state index in [1.165, 1.54) is 45.1 Å². The smallest absolute Gasteiger partial charge is 0.0727 e. The molecule has 0 bridgehead atoms. The fraction of sp³-hybridized carbons (Fsp3) is 0.800. The van der Waals surface area contributed by atoms with Crippen molar-refractivity contribution in [3.63, 3.8) is 0 Å². The third-order valence-corrected chi connectivity index (χ3v) is 11.4. The average Bonchev–Trinajstić information content (AvgIpc) is 3.13. The minimum absolute atomic E-state index is 0.0290. The van der Waals surface area contributed by atoms with E-state index in [0.717, 1.165) is 31.2 Å². The Morgan fingerprint density at radius 3 is 2.61 bits per heavy atom. The highest BCUT2D eigenvalue weighted by Gasteiger charge is 2.59. The molecule has 0 aromatic rings. The van der Waals surface area contributed by atoms with Crippen LogP contribution in [0, 0.1) is 40.4 Å². The number of nitrogens with two attached hydrogens (primary N) is 1. The van der Waals surface area contributed by atoms with Gasteiger partial charge in [-0.15, -0.1) is 0 Å². The van der Waals surface area contributed by atoms with E-state index in [1.807, 2.05) is 0 Å². The number of likely N-dealkylation sites (N-methyl/N-ethyl adjacent to an activating group) is 1. The molecule has 0 spiro atoms. The fourth-order valence-corrected chi connectivity index (χ4v) is 9.26. The minimum Gasteiger partial charge on any atom is -0.391 e. The number of fused-ring (bicyclic) bond motifs is 5. The van der Waals surface area contributed by atoms with Crippen molar-refractivity contribution in [1.82, 2.24) is 4.90 Å². The third-order valence-electron chi connectivity index (χ3n) is 11.4. The van der Waals surface area contributed by atoms with Gasteiger partial charge in [0.2, 0.25) is 0 Å². The van der Waals surface area contributed by atoms with E-state index in [2.05, 4.69) is 57.9 Å². The largest absolute Gasteiger partial charge is 0.391 e. The number of hydrogen-bond donors (Lipinski definition) is 2. The molecule has 0 unspecified atom stereocenters. The molecule has 3 nitrogen and oxygen atoms in total. The molecular formula is C30H48N2O. The summed E-state index contributed by atoms with van der Waals surface area (Å²) in [4.78, 5) is 2.43. The van der Waals surface area contributed by atoms with Gasteiger partial charge in [0.1, 0.15) is 0 Å². The van der Waals surface area contributed by atoms with Gasteiger partial charge in [-0.2, -0.15) is 0 Å². The summed E-state index contributed by atoms with van der Waals surface area (Å²) in [6.07, 6.45) is 17.1. The SMILES string of the molecule is CC1=C(/C=C/[C@@H](C)[C@H]2CC[C@H]3C4=CC[C@H]5[C@H](O)[C@H](N)CC[C@]5(C)[C@H]4CC[C@]23C)CCN(C)C1. The Morgan fingerprint density at radius 2 is 1.85 bits per heavy atom. The number of aliphatic hydroxyl groups excluding tert-OH is 1. The number of allylic oxidation sites excluding steroid dienone is 4. The van der Waals surface area contributed by atoms with Crippen LogP contribution >= 0.6 is 0 Å². The van der Waals surface area contributed by atoms with Crippen LogP contribution in [0.3, 0.4) is 0 Å². The lowest BCUT2D eigenvalue weighted by molar-refractivity contribution is -0.0765. The summed E-state index contributed by atoms with van der Waals surface area (Å²) in [7, 11) is 2.23. The van der Waals surface area contributed by atoms with Gasteiger partial charge in [0.05, 0.1) is 6.10 Å². The van der Waals surface area contributed by atoms with Gasteiger partial charge < -0.3 is 15.7 Å². The summed E-state index contributed by atoms with van der Waals surface area (Å²) in [5.41, 5.74) is 11.8. The summed E-state index contributed by atoms with van der Waals surface area (Å²) < 4.78 is 0. The van der Waals surface area contributed by atoms with Gasteiger partial charge in [-0.3, -0.25) is 0 Å². The molecule has 5 rings (SSSR count). The maximum Gasteiger partial charge on any atom is 0.0727 e. The highest BCUT2D eigenvalue weighted by molar-refractivity contribution is 5.30. The maximum atomic E-state index is 10.9. The summed E-state index contributed by atoms with van der Waals surface area (Å²) in [5.74, 6) is 3.17. The monoisotopic (exact) mass is 452 g/mol. The van der Waals surface area contributed by atoms with E-state index in [1.54, 1.807) is 16.7 Å². The van der Waals surface area contributed by atoms with Crippen LogP contribution in [0.5, 0.6) is 0 Å². The van der Waals surface area contributed by atoms with Gasteiger partial charge in [0, 0.05) is 19.1 Å². The second-order valence-electron chi connectivity index (χ2n) is 13.1. The first-order chi connectivity index (χ1) is 15.6. The fourth-order valence-electron chi connectivity index (χ4n) is 9.26. The Bertz CT molecular complexity index is 857. The first-order valence-corrected chi connectivity index (χ1v) is 13.8. The van der Waals surface area contributed by atoms with Crippen LogP contribution in [0.4, 0.5) is 0 Å². The van der Waals surface area contributed by atoms with Crippen molar-refractivity contribution in [3.8, 4) is 0 Å². The van der Waals surface area contributed by atoms with E-state index in [-0.39, 0.29) is 17.6 Å². The van der Waals surface area contributed by atoms with Crippen molar-refractivity contribution in [2.24, 2.45) is 46.2 Å². The van der Waals surface area contributed by atoms with Crippen LogP contribution in [0.2, 0.25) is 0 Å². The van der Waals surface area contributed by atoms with Gasteiger partial charge in [-0.1, -0.05) is 50.1 Å². The summed E-state index contributed by atoms with van der Waals surface area (Å²) in [6, 6.07) is -0.0290. The molecular weight excluding hydrogens is 404 g/mol. The second kappa shape index (κ2) is 8.64. The standard InChI is InChI=1S/C30H48N2O/c1-19(6-7-21-14-17-32(5)18-20(21)2)23-10-11-24-22-8-9-26-28(33)27(31)13-16-30(26,4)25(22)12-15-29(23,24)3/h6-8,19,23-28,33H,9-18,31H2,1-5H3/b7-6+/t19-,23-,24+,25+,26+,27-,28+,29-,30-/m1/s1. The molecule has 5 aliphatic rings. The van der Waals surface area contributed by atoms with E-state index < -0.39 is 0 Å². The number of aliphatic hydroxyl groups is 1. The zero-order valence-corrected chi connectivity index (χ0v) is 21.8. The van der Waals surface area contributed by atoms with Gasteiger partial charge in [0.25, 0.3) is 0 Å². The molecule has 1 aliphatic heterocycles. The molecule has 0 aromatic heterocycles. The molecule has 0 amide bonds. The molecule has 3 N–H and O–H groups in total. The topological polar surface area (TPSA) is 49.5 Å². The lowest BCUT2D eigenvalue weighted by atomic mass is 9.47. The number of hydrogen-bond acceptors (Lipinski definition) is 3. The first-order valence-electron chi connectivity index (χ1n) is 13.8. The molecule has 9 atom stereocenters. The van der Waals surface area contributed by atoms with Crippen LogP contribution in [0.15, 0.2) is 34.9 Å². The second-order valence-corrected chi connectivity index (χ2v) is 13.1. The first kappa shape index (κ1) is 23.8. The van der Waals surface area contributed by atoms with Crippen molar-refractivity contribution >= 4 is 0 Å². The molecule has 0 radical (unpaired) electrons. The number of rotatable bonds is 3. The maximum absolute atomic E-state index is 10.9. The van der Waals surface area contributed by atoms with E-state index >= 15 is 0 Å². The quantitative estimate of drug-likeness (QED) is 0.539. The van der Waals surface area contributed by atoms with Crippen molar-refractivity contribution in [1.29, 1.82) is 0 Å². The zero-order valence-electron chi connectivity index (χ0n) is 21.8. The van der Waals surface area contributed by atoms with Gasteiger partial charge in [0.15, 0.2) is 0 Å².